The van der Waals surface area contributed by atoms with Crippen LogP contribution in [0.1, 0.15) is 149 Å². The number of rotatable bonds is 41. The Morgan fingerprint density at radius 2 is 0.935 bits per heavy atom. The molecular weight excluding hydrogens is 838 g/mol. The van der Waals surface area contributed by atoms with Crippen LogP contribution < -0.4 is 0 Å². The summed E-state index contributed by atoms with van der Waals surface area (Å²) in [6, 6.07) is 0. The number of esters is 2. The first-order valence-corrected chi connectivity index (χ1v) is 25.4. The molecule has 0 saturated carbocycles. The SMILES string of the molecule is CCCCCCCC/C=C\C/C=C\C/C=C\CCCC(=O)OC[C@H](COP(=O)(O)OC[C@@H](O)COP(=O)(O)O)OC(=O)CCC/C=C\C/C=C\C/C=C\C/C=C\CC[C@H](O)CC. The number of allylic oxidation sites excluding steroid dienone is 14. The summed E-state index contributed by atoms with van der Waals surface area (Å²) < 4.78 is 47.6. The van der Waals surface area contributed by atoms with Gasteiger partial charge in [-0.25, -0.2) is 9.13 Å². The van der Waals surface area contributed by atoms with E-state index in [1.54, 1.807) is 0 Å². The van der Waals surface area contributed by atoms with Gasteiger partial charge in [0.1, 0.15) is 12.7 Å². The zero-order valence-corrected chi connectivity index (χ0v) is 39.1. The van der Waals surface area contributed by atoms with Crippen molar-refractivity contribution in [2.45, 2.75) is 167 Å². The van der Waals surface area contributed by atoms with E-state index in [9.17, 15) is 33.8 Å². The molecule has 0 heterocycles. The van der Waals surface area contributed by atoms with Gasteiger partial charge < -0.3 is 34.4 Å². The minimum Gasteiger partial charge on any atom is -0.462 e. The second-order valence-corrected chi connectivity index (χ2v) is 17.4. The van der Waals surface area contributed by atoms with Crippen molar-refractivity contribution in [1.82, 2.24) is 0 Å². The second-order valence-electron chi connectivity index (χ2n) is 14.8. The van der Waals surface area contributed by atoms with Gasteiger partial charge in [-0.05, 0) is 89.9 Å². The summed E-state index contributed by atoms with van der Waals surface area (Å²) in [6.45, 7) is 1.33. The molecule has 62 heavy (non-hydrogen) atoms. The molecule has 0 bridgehead atoms. The third kappa shape index (κ3) is 43.9. The van der Waals surface area contributed by atoms with Crippen LogP contribution in [0.4, 0.5) is 0 Å². The molecule has 14 nitrogen and oxygen atoms in total. The Morgan fingerprint density at radius 1 is 0.500 bits per heavy atom. The lowest BCUT2D eigenvalue weighted by Gasteiger charge is -2.20. The number of carbonyl (C=O) groups is 2. The second kappa shape index (κ2) is 41.0. The van der Waals surface area contributed by atoms with Crippen LogP contribution in [0.15, 0.2) is 85.1 Å². The molecule has 0 aromatic rings. The van der Waals surface area contributed by atoms with Crippen LogP contribution in [-0.4, -0.2) is 81.6 Å². The normalized spacial score (nSPS) is 15.3. The Kier molecular flexibility index (Phi) is 39.2. The predicted molar refractivity (Wildman–Crippen MR) is 245 cm³/mol. The number of hydrogen-bond donors (Lipinski definition) is 5. The average molecular weight is 917 g/mol. The van der Waals surface area contributed by atoms with Crippen molar-refractivity contribution in [2.75, 3.05) is 26.4 Å². The largest absolute Gasteiger partial charge is 0.472 e. The smallest absolute Gasteiger partial charge is 0.462 e. The molecule has 0 radical (unpaired) electrons. The average Bonchev–Trinajstić information content (AvgIpc) is 3.23. The molecule has 0 aromatic heterocycles. The summed E-state index contributed by atoms with van der Waals surface area (Å²) in [4.78, 5) is 52.7. The standard InChI is InChI=1S/C46H78O14P2/c1-3-5-6-7-8-9-10-11-12-13-14-18-21-24-27-30-33-36-45(49)56-40-44(41-59-62(54,55)58-39-43(48)38-57-61(51,52)53)60-46(50)37-34-31-28-25-22-19-16-15-17-20-23-26-29-32-35-42(47)4-2/h11-12,14,16-20,24-29,42-44,47-48H,3-10,13,15,21-23,30-41H2,1-2H3,(H,54,55)(H2,51,52,53)/b12-11-,18-14-,19-16-,20-17-,27-24-,28-25-,29-26-/t42-,43+,44-/m1/s1. The number of phosphoric acid groups is 2. The van der Waals surface area contributed by atoms with E-state index in [2.05, 4.69) is 76.7 Å². The predicted octanol–water partition coefficient (Wildman–Crippen LogP) is 10.5. The van der Waals surface area contributed by atoms with Crippen LogP contribution in [0, 0.1) is 0 Å². The molecule has 0 aliphatic heterocycles. The highest BCUT2D eigenvalue weighted by atomic mass is 31.2. The van der Waals surface area contributed by atoms with Gasteiger partial charge >= 0.3 is 27.6 Å². The number of aliphatic hydroxyl groups is 2. The highest BCUT2D eigenvalue weighted by Gasteiger charge is 2.28. The number of phosphoric ester groups is 2. The van der Waals surface area contributed by atoms with Gasteiger partial charge in [-0.15, -0.1) is 0 Å². The number of ether oxygens (including phenoxy) is 2. The molecule has 0 aromatic carbocycles. The molecule has 0 aliphatic rings. The van der Waals surface area contributed by atoms with Gasteiger partial charge in [-0.3, -0.25) is 23.2 Å². The van der Waals surface area contributed by atoms with Crippen LogP contribution in [0.2, 0.25) is 0 Å². The van der Waals surface area contributed by atoms with Gasteiger partial charge in [0.15, 0.2) is 6.10 Å². The minimum atomic E-state index is -4.88. The molecule has 0 rings (SSSR count). The lowest BCUT2D eigenvalue weighted by atomic mass is 10.1. The molecule has 356 valence electrons. The Bertz CT molecular complexity index is 1430. The first kappa shape index (κ1) is 59.3. The fourth-order valence-corrected chi connectivity index (χ4v) is 6.49. The topological polar surface area (TPSA) is 216 Å². The summed E-state index contributed by atoms with van der Waals surface area (Å²) in [5, 5.41) is 19.3. The maximum atomic E-state index is 12.6. The third-order valence-electron chi connectivity index (χ3n) is 8.91. The summed E-state index contributed by atoms with van der Waals surface area (Å²) in [5.74, 6) is -1.18. The van der Waals surface area contributed by atoms with Crippen molar-refractivity contribution in [3.63, 3.8) is 0 Å². The first-order valence-electron chi connectivity index (χ1n) is 22.4. The van der Waals surface area contributed by atoms with E-state index >= 15 is 0 Å². The number of hydrogen-bond acceptors (Lipinski definition) is 11. The van der Waals surface area contributed by atoms with E-state index in [-0.39, 0.29) is 18.9 Å². The van der Waals surface area contributed by atoms with Crippen molar-refractivity contribution in [1.29, 1.82) is 0 Å². The van der Waals surface area contributed by atoms with Crippen molar-refractivity contribution >= 4 is 27.6 Å². The molecule has 5 N–H and O–H groups in total. The number of aliphatic hydroxyl groups excluding tert-OH is 2. The van der Waals surface area contributed by atoms with Crippen molar-refractivity contribution < 1.29 is 66.7 Å². The van der Waals surface area contributed by atoms with Crippen LogP contribution in [-0.2, 0) is 41.8 Å². The summed E-state index contributed by atoms with van der Waals surface area (Å²) in [6.07, 6.45) is 43.9. The Balaban J connectivity index is 4.70. The van der Waals surface area contributed by atoms with Crippen LogP contribution in [0.3, 0.4) is 0 Å². The van der Waals surface area contributed by atoms with Gasteiger partial charge in [0.25, 0.3) is 0 Å². The monoisotopic (exact) mass is 916 g/mol. The molecule has 0 spiro atoms. The Morgan fingerprint density at radius 3 is 1.45 bits per heavy atom. The van der Waals surface area contributed by atoms with E-state index < -0.39 is 66.2 Å². The maximum Gasteiger partial charge on any atom is 0.472 e. The lowest BCUT2D eigenvalue weighted by Crippen LogP contribution is -2.29. The number of unbranched alkanes of at least 4 members (excludes halogenated alkanes) is 8. The molecular formula is C46H78O14P2. The summed E-state index contributed by atoms with van der Waals surface area (Å²) in [5.41, 5.74) is 0. The highest BCUT2D eigenvalue weighted by molar-refractivity contribution is 7.47. The van der Waals surface area contributed by atoms with Crippen LogP contribution >= 0.6 is 15.6 Å². The third-order valence-corrected chi connectivity index (χ3v) is 10.3. The van der Waals surface area contributed by atoms with Crippen molar-refractivity contribution in [2.24, 2.45) is 0 Å². The molecule has 4 atom stereocenters. The molecule has 0 amide bonds. The highest BCUT2D eigenvalue weighted by Crippen LogP contribution is 2.43. The fourth-order valence-electron chi connectivity index (χ4n) is 5.34. The van der Waals surface area contributed by atoms with E-state index in [0.717, 1.165) is 57.8 Å². The molecule has 1 unspecified atom stereocenters. The summed E-state index contributed by atoms with van der Waals surface area (Å²) in [7, 11) is -9.73. The van der Waals surface area contributed by atoms with Gasteiger partial charge in [-0.2, -0.15) is 0 Å². The Hall–Kier alpha value is -2.74. The lowest BCUT2D eigenvalue weighted by molar-refractivity contribution is -0.161. The van der Waals surface area contributed by atoms with Gasteiger partial charge in [0.2, 0.25) is 0 Å². The number of carbonyl (C=O) groups excluding carboxylic acids is 2. The zero-order chi connectivity index (χ0) is 46.0. The fraction of sp³-hybridized carbons (Fsp3) is 0.652. The Labute approximate surface area is 371 Å². The van der Waals surface area contributed by atoms with E-state index in [1.807, 2.05) is 31.2 Å². The summed E-state index contributed by atoms with van der Waals surface area (Å²) >= 11 is 0. The van der Waals surface area contributed by atoms with Crippen LogP contribution in [0.5, 0.6) is 0 Å². The molecule has 0 aliphatic carbocycles. The minimum absolute atomic E-state index is 0.0274. The maximum absolute atomic E-state index is 12.6. The molecule has 0 saturated heterocycles. The van der Waals surface area contributed by atoms with Crippen molar-refractivity contribution in [3.05, 3.63) is 85.1 Å². The van der Waals surface area contributed by atoms with Crippen molar-refractivity contribution in [3.8, 4) is 0 Å². The zero-order valence-electron chi connectivity index (χ0n) is 37.3. The van der Waals surface area contributed by atoms with Gasteiger partial charge in [0.05, 0.1) is 25.9 Å². The van der Waals surface area contributed by atoms with Gasteiger partial charge in [-0.1, -0.05) is 131 Å². The first-order chi connectivity index (χ1) is 29.8. The van der Waals surface area contributed by atoms with E-state index in [4.69, 9.17) is 23.8 Å². The molecule has 16 heteroatoms. The van der Waals surface area contributed by atoms with E-state index in [0.29, 0.717) is 25.7 Å². The molecule has 0 fully saturated rings. The van der Waals surface area contributed by atoms with E-state index in [1.165, 1.54) is 38.5 Å². The quantitative estimate of drug-likeness (QED) is 0.0167. The van der Waals surface area contributed by atoms with Gasteiger partial charge in [0, 0.05) is 12.8 Å². The van der Waals surface area contributed by atoms with Crippen LogP contribution in [0.25, 0.3) is 0 Å².